The SMILES string of the molecule is COC(=O)C(COc1cccnc1)C(C)(C)C. The molecule has 0 bridgehead atoms. The molecule has 1 unspecified atom stereocenters. The fraction of sp³-hybridized carbons (Fsp3) is 0.538. The molecule has 0 fully saturated rings. The third-order valence-corrected chi connectivity index (χ3v) is 2.58. The van der Waals surface area contributed by atoms with Gasteiger partial charge in [0.15, 0.2) is 0 Å². The molecule has 1 atom stereocenters. The van der Waals surface area contributed by atoms with Crippen molar-refractivity contribution < 1.29 is 14.3 Å². The van der Waals surface area contributed by atoms with E-state index in [1.54, 1.807) is 18.5 Å². The number of nitrogens with zero attached hydrogens (tertiary/aromatic N) is 1. The maximum atomic E-state index is 11.7. The van der Waals surface area contributed by atoms with Crippen molar-refractivity contribution in [3.05, 3.63) is 24.5 Å². The van der Waals surface area contributed by atoms with E-state index in [1.807, 2.05) is 26.8 Å². The summed E-state index contributed by atoms with van der Waals surface area (Å²) in [5.41, 5.74) is -0.199. The zero-order valence-electron chi connectivity index (χ0n) is 10.8. The number of carbonyl (C=O) groups excluding carboxylic acids is 1. The van der Waals surface area contributed by atoms with Crippen molar-refractivity contribution in [2.24, 2.45) is 11.3 Å². The highest BCUT2D eigenvalue weighted by molar-refractivity contribution is 5.73. The van der Waals surface area contributed by atoms with Crippen LogP contribution < -0.4 is 4.74 Å². The summed E-state index contributed by atoms with van der Waals surface area (Å²) >= 11 is 0. The summed E-state index contributed by atoms with van der Waals surface area (Å²) in [6.45, 7) is 6.26. The number of carbonyl (C=O) groups is 1. The molecule has 0 saturated carbocycles. The molecular weight excluding hydrogens is 218 g/mol. The number of ether oxygens (including phenoxy) is 2. The van der Waals surface area contributed by atoms with Crippen LogP contribution in [0.1, 0.15) is 20.8 Å². The van der Waals surface area contributed by atoms with E-state index in [2.05, 4.69) is 4.98 Å². The lowest BCUT2D eigenvalue weighted by atomic mass is 9.81. The summed E-state index contributed by atoms with van der Waals surface area (Å²) in [5, 5.41) is 0. The Kier molecular flexibility index (Phi) is 4.49. The first kappa shape index (κ1) is 13.5. The summed E-state index contributed by atoms with van der Waals surface area (Å²) in [5.74, 6) is 0.111. The molecule has 0 amide bonds. The zero-order chi connectivity index (χ0) is 12.9. The van der Waals surface area contributed by atoms with Crippen LogP contribution in [0.3, 0.4) is 0 Å². The third kappa shape index (κ3) is 4.06. The van der Waals surface area contributed by atoms with Gasteiger partial charge >= 0.3 is 5.97 Å². The molecule has 1 aromatic rings. The number of methoxy groups -OCH3 is 1. The van der Waals surface area contributed by atoms with E-state index in [1.165, 1.54) is 7.11 Å². The minimum atomic E-state index is -0.298. The first-order valence-electron chi connectivity index (χ1n) is 5.56. The fourth-order valence-corrected chi connectivity index (χ4v) is 1.43. The number of rotatable bonds is 4. The molecule has 0 aliphatic heterocycles. The average molecular weight is 237 g/mol. The van der Waals surface area contributed by atoms with Gasteiger partial charge in [-0.25, -0.2) is 0 Å². The number of hydrogen-bond acceptors (Lipinski definition) is 4. The van der Waals surface area contributed by atoms with E-state index < -0.39 is 0 Å². The Bertz CT molecular complexity index is 357. The van der Waals surface area contributed by atoms with Gasteiger partial charge in [0, 0.05) is 6.20 Å². The molecule has 0 aromatic carbocycles. The zero-order valence-corrected chi connectivity index (χ0v) is 10.8. The number of esters is 1. The Labute approximate surface area is 102 Å². The molecule has 94 valence electrons. The molecule has 0 saturated heterocycles. The van der Waals surface area contributed by atoms with Gasteiger partial charge in [0.25, 0.3) is 0 Å². The second kappa shape index (κ2) is 5.66. The van der Waals surface area contributed by atoms with Gasteiger partial charge in [-0.3, -0.25) is 9.78 Å². The fourth-order valence-electron chi connectivity index (χ4n) is 1.43. The van der Waals surface area contributed by atoms with Gasteiger partial charge in [0.1, 0.15) is 12.4 Å². The Morgan fingerprint density at radius 1 is 1.47 bits per heavy atom. The van der Waals surface area contributed by atoms with Gasteiger partial charge in [0.2, 0.25) is 0 Å². The van der Waals surface area contributed by atoms with Crippen LogP contribution in [-0.2, 0) is 9.53 Å². The van der Waals surface area contributed by atoms with Crippen molar-refractivity contribution >= 4 is 5.97 Å². The Morgan fingerprint density at radius 2 is 2.18 bits per heavy atom. The minimum absolute atomic E-state index is 0.199. The Balaban J connectivity index is 2.65. The van der Waals surface area contributed by atoms with Crippen LogP contribution >= 0.6 is 0 Å². The second-order valence-electron chi connectivity index (χ2n) is 4.94. The second-order valence-corrected chi connectivity index (χ2v) is 4.94. The lowest BCUT2D eigenvalue weighted by molar-refractivity contribution is -0.150. The topological polar surface area (TPSA) is 48.4 Å². The molecule has 0 spiro atoms. The summed E-state index contributed by atoms with van der Waals surface area (Å²) < 4.78 is 10.3. The smallest absolute Gasteiger partial charge is 0.312 e. The largest absolute Gasteiger partial charge is 0.491 e. The molecule has 0 aliphatic rings. The van der Waals surface area contributed by atoms with E-state index in [0.29, 0.717) is 12.4 Å². The maximum absolute atomic E-state index is 11.7. The molecule has 1 aromatic heterocycles. The first-order chi connectivity index (χ1) is 7.95. The van der Waals surface area contributed by atoms with E-state index in [0.717, 1.165) is 0 Å². The summed E-state index contributed by atoms with van der Waals surface area (Å²) in [6.07, 6.45) is 3.30. The number of hydrogen-bond donors (Lipinski definition) is 0. The van der Waals surface area contributed by atoms with Gasteiger partial charge in [-0.2, -0.15) is 0 Å². The number of aromatic nitrogens is 1. The number of pyridine rings is 1. The van der Waals surface area contributed by atoms with Gasteiger partial charge in [0.05, 0.1) is 19.2 Å². The standard InChI is InChI=1S/C13H19NO3/c1-13(2,3)11(12(15)16-4)9-17-10-6-5-7-14-8-10/h5-8,11H,9H2,1-4H3. The highest BCUT2D eigenvalue weighted by atomic mass is 16.5. The summed E-state index contributed by atoms with van der Waals surface area (Å²) in [4.78, 5) is 15.6. The summed E-state index contributed by atoms with van der Waals surface area (Å²) in [7, 11) is 1.39. The normalized spacial score (nSPS) is 12.9. The Morgan fingerprint density at radius 3 is 2.65 bits per heavy atom. The van der Waals surface area contributed by atoms with E-state index >= 15 is 0 Å². The van der Waals surface area contributed by atoms with Crippen molar-refractivity contribution in [2.75, 3.05) is 13.7 Å². The van der Waals surface area contributed by atoms with E-state index in [9.17, 15) is 4.79 Å². The van der Waals surface area contributed by atoms with Crippen molar-refractivity contribution in [3.8, 4) is 5.75 Å². The molecule has 0 radical (unpaired) electrons. The minimum Gasteiger partial charge on any atom is -0.491 e. The molecule has 4 nitrogen and oxygen atoms in total. The van der Waals surface area contributed by atoms with Gasteiger partial charge < -0.3 is 9.47 Å². The highest BCUT2D eigenvalue weighted by Crippen LogP contribution is 2.27. The van der Waals surface area contributed by atoms with Crippen molar-refractivity contribution in [1.82, 2.24) is 4.98 Å². The monoisotopic (exact) mass is 237 g/mol. The lowest BCUT2D eigenvalue weighted by Crippen LogP contribution is -2.34. The molecular formula is C13H19NO3. The van der Waals surface area contributed by atoms with Crippen molar-refractivity contribution in [1.29, 1.82) is 0 Å². The van der Waals surface area contributed by atoms with Crippen molar-refractivity contribution in [2.45, 2.75) is 20.8 Å². The average Bonchev–Trinajstić information content (AvgIpc) is 2.28. The quantitative estimate of drug-likeness (QED) is 0.754. The van der Waals surface area contributed by atoms with Crippen LogP contribution in [0.4, 0.5) is 0 Å². The van der Waals surface area contributed by atoms with Gasteiger partial charge in [-0.1, -0.05) is 20.8 Å². The predicted molar refractivity (Wildman–Crippen MR) is 64.7 cm³/mol. The van der Waals surface area contributed by atoms with Crippen LogP contribution in [0, 0.1) is 11.3 Å². The van der Waals surface area contributed by atoms with Gasteiger partial charge in [-0.05, 0) is 17.5 Å². The molecule has 4 heteroatoms. The van der Waals surface area contributed by atoms with Crippen LogP contribution in [0.25, 0.3) is 0 Å². The summed E-state index contributed by atoms with van der Waals surface area (Å²) in [6, 6.07) is 3.60. The third-order valence-electron chi connectivity index (χ3n) is 2.58. The molecule has 0 N–H and O–H groups in total. The maximum Gasteiger partial charge on any atom is 0.312 e. The first-order valence-corrected chi connectivity index (χ1v) is 5.56. The van der Waals surface area contributed by atoms with Gasteiger partial charge in [-0.15, -0.1) is 0 Å². The van der Waals surface area contributed by atoms with Crippen LogP contribution in [-0.4, -0.2) is 24.7 Å². The van der Waals surface area contributed by atoms with Crippen LogP contribution in [0.2, 0.25) is 0 Å². The molecule has 0 aliphatic carbocycles. The highest BCUT2D eigenvalue weighted by Gasteiger charge is 2.32. The molecule has 1 rings (SSSR count). The Hall–Kier alpha value is -1.58. The van der Waals surface area contributed by atoms with Crippen LogP contribution in [0.15, 0.2) is 24.5 Å². The molecule has 17 heavy (non-hydrogen) atoms. The van der Waals surface area contributed by atoms with E-state index in [-0.39, 0.29) is 17.3 Å². The lowest BCUT2D eigenvalue weighted by Gasteiger charge is -2.28. The van der Waals surface area contributed by atoms with Crippen molar-refractivity contribution in [3.63, 3.8) is 0 Å². The van der Waals surface area contributed by atoms with Crippen LogP contribution in [0.5, 0.6) is 5.75 Å². The van der Waals surface area contributed by atoms with E-state index in [4.69, 9.17) is 9.47 Å². The molecule has 1 heterocycles. The predicted octanol–water partition coefficient (Wildman–Crippen LogP) is 2.30.